The SMILES string of the molecule is C#CCOc1c(F)cc(C(=O)NCC2C(C)(C)C2(C)C)cc1F. The molecule has 0 bridgehead atoms. The summed E-state index contributed by atoms with van der Waals surface area (Å²) in [4.78, 5) is 12.1. The molecule has 1 aliphatic carbocycles. The average Bonchev–Trinajstić information content (AvgIpc) is 2.84. The van der Waals surface area contributed by atoms with Crippen molar-refractivity contribution in [3.05, 3.63) is 29.3 Å². The van der Waals surface area contributed by atoms with Crippen molar-refractivity contribution < 1.29 is 18.3 Å². The summed E-state index contributed by atoms with van der Waals surface area (Å²) in [6, 6.07) is 1.90. The Hall–Kier alpha value is -2.09. The van der Waals surface area contributed by atoms with Gasteiger partial charge in [-0.05, 0) is 28.9 Å². The molecule has 5 heteroatoms. The van der Waals surface area contributed by atoms with Crippen molar-refractivity contribution in [1.29, 1.82) is 0 Å². The summed E-state index contributed by atoms with van der Waals surface area (Å²) in [5, 5.41) is 2.74. The lowest BCUT2D eigenvalue weighted by atomic mass is 10.0. The van der Waals surface area contributed by atoms with Crippen LogP contribution in [0.4, 0.5) is 8.78 Å². The van der Waals surface area contributed by atoms with Crippen LogP contribution in [0.1, 0.15) is 38.1 Å². The van der Waals surface area contributed by atoms with Gasteiger partial charge in [0.05, 0.1) is 0 Å². The molecule has 1 aromatic rings. The van der Waals surface area contributed by atoms with Crippen LogP contribution in [0.25, 0.3) is 0 Å². The van der Waals surface area contributed by atoms with Gasteiger partial charge in [0, 0.05) is 12.1 Å². The first kappa shape index (κ1) is 17.3. The second kappa shape index (κ2) is 5.84. The normalized spacial score (nSPS) is 18.1. The average molecular weight is 321 g/mol. The maximum absolute atomic E-state index is 13.8. The fourth-order valence-electron chi connectivity index (χ4n) is 3.08. The van der Waals surface area contributed by atoms with Crippen molar-refractivity contribution in [1.82, 2.24) is 5.32 Å². The largest absolute Gasteiger partial charge is 0.475 e. The Balaban J connectivity index is 2.05. The molecule has 0 aliphatic heterocycles. The van der Waals surface area contributed by atoms with E-state index >= 15 is 0 Å². The van der Waals surface area contributed by atoms with Gasteiger partial charge in [0.2, 0.25) is 0 Å². The van der Waals surface area contributed by atoms with Crippen molar-refractivity contribution in [2.45, 2.75) is 27.7 Å². The van der Waals surface area contributed by atoms with Crippen LogP contribution in [0.3, 0.4) is 0 Å². The van der Waals surface area contributed by atoms with Crippen molar-refractivity contribution in [3.63, 3.8) is 0 Å². The number of terminal acetylenes is 1. The number of nitrogens with one attached hydrogen (secondary N) is 1. The Morgan fingerprint density at radius 3 is 2.22 bits per heavy atom. The summed E-state index contributed by atoms with van der Waals surface area (Å²) in [6.07, 6.45) is 4.99. The number of carbonyl (C=O) groups is 1. The molecule has 23 heavy (non-hydrogen) atoms. The fourth-order valence-corrected chi connectivity index (χ4v) is 3.08. The van der Waals surface area contributed by atoms with Crippen LogP contribution < -0.4 is 10.1 Å². The van der Waals surface area contributed by atoms with E-state index in [0.717, 1.165) is 12.1 Å². The van der Waals surface area contributed by atoms with E-state index in [2.05, 4.69) is 38.9 Å². The summed E-state index contributed by atoms with van der Waals surface area (Å²) < 4.78 is 32.5. The summed E-state index contributed by atoms with van der Waals surface area (Å²) in [5.41, 5.74) is 0.178. The van der Waals surface area contributed by atoms with E-state index in [0.29, 0.717) is 12.5 Å². The predicted molar refractivity (Wildman–Crippen MR) is 84.1 cm³/mol. The third kappa shape index (κ3) is 3.03. The zero-order chi connectivity index (χ0) is 17.4. The smallest absolute Gasteiger partial charge is 0.251 e. The minimum absolute atomic E-state index is 0.0793. The lowest BCUT2D eigenvalue weighted by Gasteiger charge is -2.09. The lowest BCUT2D eigenvalue weighted by molar-refractivity contribution is 0.0948. The van der Waals surface area contributed by atoms with Crippen LogP contribution in [0, 0.1) is 40.7 Å². The first-order valence-corrected chi connectivity index (χ1v) is 7.46. The highest BCUT2D eigenvalue weighted by molar-refractivity contribution is 5.94. The van der Waals surface area contributed by atoms with E-state index in [1.165, 1.54) is 0 Å². The van der Waals surface area contributed by atoms with Crippen LogP contribution in [-0.4, -0.2) is 19.1 Å². The van der Waals surface area contributed by atoms with Crippen molar-refractivity contribution >= 4 is 5.91 Å². The van der Waals surface area contributed by atoms with Crippen LogP contribution in [0.15, 0.2) is 12.1 Å². The van der Waals surface area contributed by atoms with Crippen LogP contribution in [-0.2, 0) is 0 Å². The summed E-state index contributed by atoms with van der Waals surface area (Å²) in [7, 11) is 0. The number of benzene rings is 1. The molecule has 0 unspecified atom stereocenters. The van der Waals surface area contributed by atoms with Crippen LogP contribution in [0.5, 0.6) is 5.75 Å². The van der Waals surface area contributed by atoms with E-state index in [-0.39, 0.29) is 23.0 Å². The molecule has 0 atom stereocenters. The Morgan fingerprint density at radius 1 is 1.26 bits per heavy atom. The molecule has 1 amide bonds. The highest BCUT2D eigenvalue weighted by atomic mass is 19.1. The third-order valence-electron chi connectivity index (χ3n) is 5.35. The molecule has 0 radical (unpaired) electrons. The van der Waals surface area contributed by atoms with Gasteiger partial charge in [0.25, 0.3) is 5.91 Å². The van der Waals surface area contributed by atoms with E-state index < -0.39 is 23.3 Å². The van der Waals surface area contributed by atoms with Gasteiger partial charge in [-0.1, -0.05) is 33.6 Å². The maximum atomic E-state index is 13.8. The monoisotopic (exact) mass is 321 g/mol. The van der Waals surface area contributed by atoms with Crippen molar-refractivity contribution in [3.8, 4) is 18.1 Å². The number of amides is 1. The second-order valence-corrected chi connectivity index (χ2v) is 6.97. The summed E-state index contributed by atoms with van der Waals surface area (Å²) in [5.74, 6) is -0.515. The molecule has 0 heterocycles. The Morgan fingerprint density at radius 2 is 1.78 bits per heavy atom. The Kier molecular flexibility index (Phi) is 4.39. The molecule has 1 saturated carbocycles. The maximum Gasteiger partial charge on any atom is 0.251 e. The number of halogens is 2. The first-order valence-electron chi connectivity index (χ1n) is 7.46. The third-order valence-corrected chi connectivity index (χ3v) is 5.35. The highest BCUT2D eigenvalue weighted by Gasteiger charge is 2.64. The molecule has 1 aliphatic rings. The predicted octanol–water partition coefficient (Wildman–Crippen LogP) is 3.39. The fraction of sp³-hybridized carbons (Fsp3) is 0.500. The molecule has 3 nitrogen and oxygen atoms in total. The first-order chi connectivity index (χ1) is 10.6. The van der Waals surface area contributed by atoms with E-state index in [1.54, 1.807) is 0 Å². The number of ether oxygens (including phenoxy) is 1. The minimum Gasteiger partial charge on any atom is -0.475 e. The summed E-state index contributed by atoms with van der Waals surface area (Å²) in [6.45, 7) is 8.78. The van der Waals surface area contributed by atoms with Gasteiger partial charge in [-0.25, -0.2) is 8.78 Å². The van der Waals surface area contributed by atoms with Crippen molar-refractivity contribution in [2.24, 2.45) is 16.7 Å². The van der Waals surface area contributed by atoms with Gasteiger partial charge in [-0.2, -0.15) is 0 Å². The van der Waals surface area contributed by atoms with Gasteiger partial charge < -0.3 is 10.1 Å². The molecule has 0 spiro atoms. The molecular formula is C18H21F2NO2. The van der Waals surface area contributed by atoms with Gasteiger partial charge in [0.15, 0.2) is 17.4 Å². The second-order valence-electron chi connectivity index (χ2n) is 6.97. The van der Waals surface area contributed by atoms with Crippen molar-refractivity contribution in [2.75, 3.05) is 13.2 Å². The molecule has 1 fully saturated rings. The molecule has 1 aromatic carbocycles. The van der Waals surface area contributed by atoms with Gasteiger partial charge in [-0.15, -0.1) is 6.42 Å². The van der Waals surface area contributed by atoms with E-state index in [9.17, 15) is 13.6 Å². The number of hydrogen-bond acceptors (Lipinski definition) is 2. The molecule has 124 valence electrons. The minimum atomic E-state index is -0.947. The van der Waals surface area contributed by atoms with Gasteiger partial charge in [-0.3, -0.25) is 4.79 Å². The Bertz CT molecular complexity index is 637. The molecule has 2 rings (SSSR count). The van der Waals surface area contributed by atoms with E-state index in [1.807, 2.05) is 0 Å². The molecule has 1 N–H and O–H groups in total. The van der Waals surface area contributed by atoms with Gasteiger partial charge >= 0.3 is 0 Å². The zero-order valence-corrected chi connectivity index (χ0v) is 13.8. The van der Waals surface area contributed by atoms with Gasteiger partial charge in [0.1, 0.15) is 6.61 Å². The van der Waals surface area contributed by atoms with Crippen LogP contribution in [0.2, 0.25) is 0 Å². The van der Waals surface area contributed by atoms with E-state index in [4.69, 9.17) is 11.2 Å². The highest BCUT2D eigenvalue weighted by Crippen LogP contribution is 2.67. The Labute approximate surface area is 135 Å². The molecule has 0 aromatic heterocycles. The number of carbonyl (C=O) groups excluding carboxylic acids is 1. The quantitative estimate of drug-likeness (QED) is 0.844. The standard InChI is InChI=1S/C18H21F2NO2/c1-6-7-23-15-12(19)8-11(9-13(15)20)16(22)21-10-14-17(2,3)18(14,4)5/h1,8-9,14H,7,10H2,2-5H3,(H,21,22). The van der Waals surface area contributed by atoms with Crippen LogP contribution >= 0.6 is 0 Å². The number of rotatable bonds is 5. The lowest BCUT2D eigenvalue weighted by Crippen LogP contribution is -2.27. The number of hydrogen-bond donors (Lipinski definition) is 1. The summed E-state index contributed by atoms with van der Waals surface area (Å²) >= 11 is 0. The molecular weight excluding hydrogens is 300 g/mol. The molecule has 0 saturated heterocycles. The zero-order valence-electron chi connectivity index (χ0n) is 13.8. The topological polar surface area (TPSA) is 38.3 Å².